The van der Waals surface area contributed by atoms with Crippen molar-refractivity contribution in [3.63, 3.8) is 0 Å². The molecule has 2 aromatic carbocycles. The van der Waals surface area contributed by atoms with Crippen LogP contribution in [0.3, 0.4) is 0 Å². The summed E-state index contributed by atoms with van der Waals surface area (Å²) in [6.45, 7) is 6.31. The van der Waals surface area contributed by atoms with E-state index in [0.29, 0.717) is 41.7 Å². The molecule has 0 fully saturated rings. The molecule has 26 heavy (non-hydrogen) atoms. The van der Waals surface area contributed by atoms with Gasteiger partial charge < -0.3 is 20.1 Å². The van der Waals surface area contributed by atoms with Crippen molar-refractivity contribution < 1.29 is 19.1 Å². The van der Waals surface area contributed by atoms with E-state index in [2.05, 4.69) is 10.6 Å². The maximum Gasteiger partial charge on any atom is 0.243 e. The van der Waals surface area contributed by atoms with Gasteiger partial charge in [-0.25, -0.2) is 0 Å². The Balaban J connectivity index is 2.07. The van der Waals surface area contributed by atoms with Crippen LogP contribution in [0.2, 0.25) is 0 Å². The van der Waals surface area contributed by atoms with Crippen molar-refractivity contribution in [2.75, 3.05) is 30.4 Å². The van der Waals surface area contributed by atoms with Crippen LogP contribution in [0.15, 0.2) is 42.5 Å². The second-order valence-corrected chi connectivity index (χ2v) is 5.53. The third-order valence-corrected chi connectivity index (χ3v) is 3.58. The molecule has 0 aliphatic carbocycles. The summed E-state index contributed by atoms with van der Waals surface area (Å²) in [6.07, 6.45) is 0. The second-order valence-electron chi connectivity index (χ2n) is 5.53. The number of benzene rings is 2. The van der Waals surface area contributed by atoms with E-state index in [1.807, 2.05) is 19.9 Å². The number of carbonyl (C=O) groups excluding carboxylic acids is 2. The average molecular weight is 356 g/mol. The highest BCUT2D eigenvalue weighted by Crippen LogP contribution is 2.29. The van der Waals surface area contributed by atoms with Crippen LogP contribution in [0, 0.1) is 0 Å². The molecule has 2 rings (SSSR count). The molecule has 0 saturated carbocycles. The van der Waals surface area contributed by atoms with Gasteiger partial charge in [0.25, 0.3) is 0 Å². The lowest BCUT2D eigenvalue weighted by Gasteiger charge is -2.14. The van der Waals surface area contributed by atoms with Gasteiger partial charge in [0, 0.05) is 17.3 Å². The first-order valence-corrected chi connectivity index (χ1v) is 8.58. The van der Waals surface area contributed by atoms with Gasteiger partial charge in [0.1, 0.15) is 11.5 Å². The predicted octanol–water partition coefficient (Wildman–Crippen LogP) is 3.74. The van der Waals surface area contributed by atoms with Crippen LogP contribution in [0.25, 0.3) is 0 Å². The molecule has 0 spiro atoms. The number of nitrogens with one attached hydrogen (secondary N) is 2. The Kier molecular flexibility index (Phi) is 7.02. The van der Waals surface area contributed by atoms with E-state index < -0.39 is 0 Å². The predicted molar refractivity (Wildman–Crippen MR) is 102 cm³/mol. The van der Waals surface area contributed by atoms with Crippen molar-refractivity contribution in [1.29, 1.82) is 0 Å². The molecule has 138 valence electrons. The van der Waals surface area contributed by atoms with Gasteiger partial charge in [-0.1, -0.05) is 12.1 Å². The first-order valence-electron chi connectivity index (χ1n) is 8.58. The molecule has 2 N–H and O–H groups in total. The Bertz CT molecular complexity index is 774. The lowest BCUT2D eigenvalue weighted by atomic mass is 10.1. The number of hydrogen-bond donors (Lipinski definition) is 2. The van der Waals surface area contributed by atoms with E-state index in [1.54, 1.807) is 36.4 Å². The van der Waals surface area contributed by atoms with Gasteiger partial charge >= 0.3 is 0 Å². The minimum atomic E-state index is -0.252. The van der Waals surface area contributed by atoms with E-state index >= 15 is 0 Å². The highest BCUT2D eigenvalue weighted by molar-refractivity contribution is 6.01. The van der Waals surface area contributed by atoms with Crippen molar-refractivity contribution in [2.24, 2.45) is 0 Å². The summed E-state index contributed by atoms with van der Waals surface area (Å²) in [5.41, 5.74) is 1.72. The number of hydrogen-bond acceptors (Lipinski definition) is 5. The van der Waals surface area contributed by atoms with E-state index in [9.17, 15) is 9.59 Å². The second kappa shape index (κ2) is 9.46. The molecule has 0 heterocycles. The fourth-order valence-corrected chi connectivity index (χ4v) is 2.46. The molecule has 0 saturated heterocycles. The van der Waals surface area contributed by atoms with E-state index in [4.69, 9.17) is 9.47 Å². The average Bonchev–Trinajstić information content (AvgIpc) is 2.62. The van der Waals surface area contributed by atoms with Gasteiger partial charge in [-0.3, -0.25) is 9.59 Å². The third kappa shape index (κ3) is 5.24. The van der Waals surface area contributed by atoms with Crippen molar-refractivity contribution in [3.05, 3.63) is 48.0 Å². The molecule has 2 aromatic rings. The molecule has 6 heteroatoms. The van der Waals surface area contributed by atoms with E-state index in [-0.39, 0.29) is 18.2 Å². The minimum Gasteiger partial charge on any atom is -0.494 e. The summed E-state index contributed by atoms with van der Waals surface area (Å²) in [4.78, 5) is 24.0. The SMILES string of the molecule is CCOc1ccc(OCC)c(NC(=O)CNc2ccccc2C(C)=O)c1. The molecular weight excluding hydrogens is 332 g/mol. The summed E-state index contributed by atoms with van der Waals surface area (Å²) < 4.78 is 11.0. The van der Waals surface area contributed by atoms with Crippen molar-refractivity contribution in [2.45, 2.75) is 20.8 Å². The minimum absolute atomic E-state index is 0.0225. The Morgan fingerprint density at radius 1 is 0.962 bits per heavy atom. The molecule has 0 atom stereocenters. The van der Waals surface area contributed by atoms with Crippen LogP contribution in [-0.2, 0) is 4.79 Å². The van der Waals surface area contributed by atoms with Crippen molar-refractivity contribution in [3.8, 4) is 11.5 Å². The summed E-state index contributed by atoms with van der Waals surface area (Å²) >= 11 is 0. The van der Waals surface area contributed by atoms with Crippen LogP contribution >= 0.6 is 0 Å². The molecule has 0 radical (unpaired) electrons. The van der Waals surface area contributed by atoms with Gasteiger partial charge in [0.15, 0.2) is 5.78 Å². The maximum absolute atomic E-state index is 12.3. The van der Waals surface area contributed by atoms with Crippen LogP contribution in [0.1, 0.15) is 31.1 Å². The number of ketones is 1. The van der Waals surface area contributed by atoms with Crippen LogP contribution < -0.4 is 20.1 Å². The lowest BCUT2D eigenvalue weighted by Crippen LogP contribution is -2.23. The van der Waals surface area contributed by atoms with Crippen molar-refractivity contribution >= 4 is 23.1 Å². The Labute approximate surface area is 153 Å². The molecule has 0 unspecified atom stereocenters. The quantitative estimate of drug-likeness (QED) is 0.670. The largest absolute Gasteiger partial charge is 0.494 e. The molecular formula is C20H24N2O4. The van der Waals surface area contributed by atoms with Gasteiger partial charge in [-0.05, 0) is 45.0 Å². The smallest absolute Gasteiger partial charge is 0.243 e. The Hall–Kier alpha value is -3.02. The Morgan fingerprint density at radius 3 is 2.38 bits per heavy atom. The number of Topliss-reactive ketones (excluding diaryl/α,β-unsaturated/α-hetero) is 1. The summed E-state index contributed by atoms with van der Waals surface area (Å²) in [5, 5.41) is 5.82. The summed E-state index contributed by atoms with van der Waals surface area (Å²) in [5.74, 6) is 0.920. The normalized spacial score (nSPS) is 10.1. The van der Waals surface area contributed by atoms with Crippen LogP contribution in [0.4, 0.5) is 11.4 Å². The lowest BCUT2D eigenvalue weighted by molar-refractivity contribution is -0.114. The van der Waals surface area contributed by atoms with Gasteiger partial charge in [-0.15, -0.1) is 0 Å². The fraction of sp³-hybridized carbons (Fsp3) is 0.300. The summed E-state index contributed by atoms with van der Waals surface area (Å²) in [7, 11) is 0. The first kappa shape index (κ1) is 19.3. The number of ether oxygens (including phenoxy) is 2. The van der Waals surface area contributed by atoms with Crippen LogP contribution in [0.5, 0.6) is 11.5 Å². The molecule has 0 bridgehead atoms. The summed E-state index contributed by atoms with van der Waals surface area (Å²) in [6, 6.07) is 12.4. The zero-order valence-electron chi connectivity index (χ0n) is 15.3. The number of rotatable bonds is 9. The van der Waals surface area contributed by atoms with Gasteiger partial charge in [0.2, 0.25) is 5.91 Å². The van der Waals surface area contributed by atoms with Gasteiger partial charge in [-0.2, -0.15) is 0 Å². The topological polar surface area (TPSA) is 76.7 Å². The van der Waals surface area contributed by atoms with E-state index in [1.165, 1.54) is 6.92 Å². The Morgan fingerprint density at radius 2 is 1.69 bits per heavy atom. The van der Waals surface area contributed by atoms with Gasteiger partial charge in [0.05, 0.1) is 25.4 Å². The van der Waals surface area contributed by atoms with Crippen LogP contribution in [-0.4, -0.2) is 31.4 Å². The third-order valence-electron chi connectivity index (χ3n) is 3.58. The molecule has 6 nitrogen and oxygen atoms in total. The molecule has 0 aliphatic heterocycles. The number of para-hydroxylation sites is 1. The monoisotopic (exact) mass is 356 g/mol. The maximum atomic E-state index is 12.3. The number of anilines is 2. The van der Waals surface area contributed by atoms with E-state index in [0.717, 1.165) is 0 Å². The highest BCUT2D eigenvalue weighted by Gasteiger charge is 2.11. The zero-order valence-corrected chi connectivity index (χ0v) is 15.3. The molecule has 0 aromatic heterocycles. The molecule has 0 aliphatic rings. The number of carbonyl (C=O) groups is 2. The standard InChI is InChI=1S/C20H24N2O4/c1-4-25-15-10-11-19(26-5-2)18(12-15)22-20(24)13-21-17-9-7-6-8-16(17)14(3)23/h6-12,21H,4-5,13H2,1-3H3,(H,22,24). The first-order chi connectivity index (χ1) is 12.5. The van der Waals surface area contributed by atoms with Crippen molar-refractivity contribution in [1.82, 2.24) is 0 Å². The highest BCUT2D eigenvalue weighted by atomic mass is 16.5. The zero-order chi connectivity index (χ0) is 18.9. The molecule has 1 amide bonds. The number of amides is 1. The fourth-order valence-electron chi connectivity index (χ4n) is 2.46.